The van der Waals surface area contributed by atoms with E-state index < -0.39 is 0 Å². The van der Waals surface area contributed by atoms with E-state index in [1.807, 2.05) is 31.2 Å². The quantitative estimate of drug-likeness (QED) is 0.879. The molecule has 1 unspecified atom stereocenters. The van der Waals surface area contributed by atoms with Crippen LogP contribution in [0.1, 0.15) is 24.2 Å². The molecule has 0 aliphatic carbocycles. The number of anilines is 1. The summed E-state index contributed by atoms with van der Waals surface area (Å²) < 4.78 is 12.9. The number of halogens is 1. The number of nitrogens with zero attached hydrogens (tertiary/aromatic N) is 1. The van der Waals surface area contributed by atoms with Gasteiger partial charge >= 0.3 is 0 Å². The monoisotopic (exact) mass is 273 g/mol. The summed E-state index contributed by atoms with van der Waals surface area (Å²) in [6, 6.07) is 10.3. The molecule has 4 nitrogen and oxygen atoms in total. The van der Waals surface area contributed by atoms with Crippen LogP contribution in [-0.4, -0.2) is 10.9 Å². The fraction of sp³-hybridized carbons (Fsp3) is 0.200. The molecule has 3 N–H and O–H groups in total. The number of rotatable bonds is 5. The van der Waals surface area contributed by atoms with E-state index in [4.69, 9.17) is 5.73 Å². The second-order valence-corrected chi connectivity index (χ2v) is 4.57. The molecule has 5 heteroatoms. The van der Waals surface area contributed by atoms with Crippen LogP contribution in [0.2, 0.25) is 0 Å². The number of nitrogens with one attached hydrogen (secondary N) is 1. The minimum atomic E-state index is -0.383. The van der Waals surface area contributed by atoms with Crippen LogP contribution in [0, 0.1) is 5.82 Å². The molecule has 2 aromatic rings. The summed E-state index contributed by atoms with van der Waals surface area (Å²) in [7, 11) is 0. The molecule has 0 fully saturated rings. The zero-order chi connectivity index (χ0) is 14.5. The highest BCUT2D eigenvalue weighted by molar-refractivity contribution is 5.78. The first-order valence-electron chi connectivity index (χ1n) is 6.30. The molecular formula is C15H16FN3O. The van der Waals surface area contributed by atoms with Crippen LogP contribution in [-0.2, 0) is 11.2 Å². The molecule has 0 radical (unpaired) electrons. The van der Waals surface area contributed by atoms with Crippen molar-refractivity contribution in [1.29, 1.82) is 0 Å². The Hall–Kier alpha value is -2.43. The van der Waals surface area contributed by atoms with E-state index in [1.165, 1.54) is 12.3 Å². The minimum Gasteiger partial charge on any atom is -0.377 e. The molecule has 104 valence electrons. The normalized spacial score (nSPS) is 11.9. The first kappa shape index (κ1) is 14.0. The van der Waals surface area contributed by atoms with Gasteiger partial charge in [0.25, 0.3) is 0 Å². The van der Waals surface area contributed by atoms with Crippen molar-refractivity contribution in [3.05, 3.63) is 59.7 Å². The number of hydrogen-bond donors (Lipinski definition) is 2. The first-order valence-corrected chi connectivity index (χ1v) is 6.30. The molecule has 2 rings (SSSR count). The summed E-state index contributed by atoms with van der Waals surface area (Å²) in [5.41, 5.74) is 7.61. The zero-order valence-corrected chi connectivity index (χ0v) is 11.1. The van der Waals surface area contributed by atoms with Crippen molar-refractivity contribution in [3.63, 3.8) is 0 Å². The second kappa shape index (κ2) is 6.14. The summed E-state index contributed by atoms with van der Waals surface area (Å²) in [5, 5.41) is 3.26. The van der Waals surface area contributed by atoms with Crippen LogP contribution >= 0.6 is 0 Å². The Morgan fingerprint density at radius 1 is 1.35 bits per heavy atom. The Kier molecular flexibility index (Phi) is 4.30. The number of pyridine rings is 1. The highest BCUT2D eigenvalue weighted by Gasteiger charge is 2.10. The predicted molar refractivity (Wildman–Crippen MR) is 75.6 cm³/mol. The fourth-order valence-electron chi connectivity index (χ4n) is 1.95. The maximum atomic E-state index is 12.9. The van der Waals surface area contributed by atoms with Gasteiger partial charge in [0.15, 0.2) is 0 Å². The van der Waals surface area contributed by atoms with Crippen LogP contribution in [0.15, 0.2) is 42.6 Å². The van der Waals surface area contributed by atoms with Gasteiger partial charge in [0.2, 0.25) is 5.91 Å². The van der Waals surface area contributed by atoms with Crippen molar-refractivity contribution >= 4 is 11.6 Å². The molecule has 1 atom stereocenters. The molecule has 1 amide bonds. The Morgan fingerprint density at radius 3 is 2.75 bits per heavy atom. The Labute approximate surface area is 116 Å². The summed E-state index contributed by atoms with van der Waals surface area (Å²) in [6.45, 7) is 1.92. The molecule has 1 heterocycles. The van der Waals surface area contributed by atoms with Crippen molar-refractivity contribution in [2.45, 2.75) is 19.4 Å². The molecule has 0 saturated carbocycles. The van der Waals surface area contributed by atoms with Crippen molar-refractivity contribution in [3.8, 4) is 0 Å². The molecule has 0 saturated heterocycles. The number of carbonyl (C=O) groups excluding carboxylic acids is 1. The summed E-state index contributed by atoms with van der Waals surface area (Å²) in [6.07, 6.45) is 1.36. The summed E-state index contributed by atoms with van der Waals surface area (Å²) in [5.74, 6) is -0.748. The third kappa shape index (κ3) is 3.54. The van der Waals surface area contributed by atoms with E-state index in [0.29, 0.717) is 0 Å². The van der Waals surface area contributed by atoms with Crippen molar-refractivity contribution in [2.24, 2.45) is 5.73 Å². The van der Waals surface area contributed by atoms with Gasteiger partial charge in [-0.15, -0.1) is 0 Å². The molecule has 0 spiro atoms. The lowest BCUT2D eigenvalue weighted by molar-refractivity contribution is -0.117. The van der Waals surface area contributed by atoms with Gasteiger partial charge in [0.1, 0.15) is 5.82 Å². The number of amides is 1. The highest BCUT2D eigenvalue weighted by atomic mass is 19.1. The van der Waals surface area contributed by atoms with E-state index in [1.54, 1.807) is 6.07 Å². The van der Waals surface area contributed by atoms with E-state index in [0.717, 1.165) is 16.9 Å². The third-order valence-electron chi connectivity index (χ3n) is 2.95. The van der Waals surface area contributed by atoms with E-state index in [9.17, 15) is 9.18 Å². The lowest BCUT2D eigenvalue weighted by Gasteiger charge is -2.17. The van der Waals surface area contributed by atoms with Gasteiger partial charge in [0, 0.05) is 5.69 Å². The Morgan fingerprint density at radius 2 is 2.10 bits per heavy atom. The molecule has 1 aromatic carbocycles. The molecule has 0 aliphatic heterocycles. The van der Waals surface area contributed by atoms with Crippen LogP contribution in [0.5, 0.6) is 0 Å². The predicted octanol–water partition coefficient (Wildman–Crippen LogP) is 2.42. The Bertz CT molecular complexity index is 598. The maximum Gasteiger partial charge on any atom is 0.221 e. The van der Waals surface area contributed by atoms with Crippen molar-refractivity contribution < 1.29 is 9.18 Å². The van der Waals surface area contributed by atoms with E-state index in [-0.39, 0.29) is 24.2 Å². The van der Waals surface area contributed by atoms with Gasteiger partial charge in [-0.05, 0) is 30.7 Å². The average Bonchev–Trinajstić information content (AvgIpc) is 2.41. The van der Waals surface area contributed by atoms with Crippen LogP contribution < -0.4 is 11.1 Å². The van der Waals surface area contributed by atoms with E-state index >= 15 is 0 Å². The van der Waals surface area contributed by atoms with Crippen molar-refractivity contribution in [1.82, 2.24) is 4.98 Å². The lowest BCUT2D eigenvalue weighted by atomic mass is 10.1. The van der Waals surface area contributed by atoms with Gasteiger partial charge in [-0.1, -0.05) is 18.2 Å². The van der Waals surface area contributed by atoms with Gasteiger partial charge < -0.3 is 11.1 Å². The molecule has 20 heavy (non-hydrogen) atoms. The molecular weight excluding hydrogens is 257 g/mol. The third-order valence-corrected chi connectivity index (χ3v) is 2.95. The topological polar surface area (TPSA) is 68.0 Å². The zero-order valence-electron chi connectivity index (χ0n) is 11.1. The summed E-state index contributed by atoms with van der Waals surface area (Å²) in [4.78, 5) is 15.1. The van der Waals surface area contributed by atoms with E-state index in [2.05, 4.69) is 10.3 Å². The van der Waals surface area contributed by atoms with Gasteiger partial charge in [-0.2, -0.15) is 0 Å². The van der Waals surface area contributed by atoms with Crippen LogP contribution in [0.25, 0.3) is 0 Å². The highest BCUT2D eigenvalue weighted by Crippen LogP contribution is 2.21. The molecule has 1 aromatic heterocycles. The van der Waals surface area contributed by atoms with Crippen molar-refractivity contribution in [2.75, 3.05) is 5.32 Å². The van der Waals surface area contributed by atoms with Gasteiger partial charge in [-0.25, -0.2) is 4.39 Å². The SMILES string of the molecule is CC(Nc1ccccc1CC(N)=O)c1ccc(F)cn1. The standard InChI is InChI=1S/C15H16FN3O/c1-10(13-7-6-12(16)9-18-13)19-14-5-3-2-4-11(14)8-15(17)20/h2-7,9-10,19H,8H2,1H3,(H2,17,20). The second-order valence-electron chi connectivity index (χ2n) is 4.57. The Balaban J connectivity index is 2.17. The maximum absolute atomic E-state index is 12.9. The van der Waals surface area contributed by atoms with Gasteiger partial charge in [-0.3, -0.25) is 9.78 Å². The number of para-hydroxylation sites is 1. The number of aromatic nitrogens is 1. The first-order chi connectivity index (χ1) is 9.56. The minimum absolute atomic E-state index is 0.107. The number of nitrogens with two attached hydrogens (primary N) is 1. The largest absolute Gasteiger partial charge is 0.377 e. The molecule has 0 bridgehead atoms. The van der Waals surface area contributed by atoms with Crippen LogP contribution in [0.4, 0.5) is 10.1 Å². The fourth-order valence-corrected chi connectivity index (χ4v) is 1.95. The summed E-state index contributed by atoms with van der Waals surface area (Å²) >= 11 is 0. The number of hydrogen-bond acceptors (Lipinski definition) is 3. The molecule has 0 aliphatic rings. The lowest BCUT2D eigenvalue weighted by Crippen LogP contribution is -2.16. The number of benzene rings is 1. The number of primary amides is 1. The number of carbonyl (C=O) groups is 1. The average molecular weight is 273 g/mol. The smallest absolute Gasteiger partial charge is 0.221 e. The van der Waals surface area contributed by atoms with Crippen LogP contribution in [0.3, 0.4) is 0 Å². The van der Waals surface area contributed by atoms with Gasteiger partial charge in [0.05, 0.1) is 24.4 Å².